The quantitative estimate of drug-likeness (QED) is 0.834. The van der Waals surface area contributed by atoms with Crippen LogP contribution in [0.1, 0.15) is 33.3 Å². The Balaban J connectivity index is 2.85. The molecule has 0 heterocycles. The monoisotopic (exact) mass is 255 g/mol. The predicted octanol–water partition coefficient (Wildman–Crippen LogP) is 2.08. The van der Waals surface area contributed by atoms with Gasteiger partial charge in [0.05, 0.1) is 11.2 Å². The Morgan fingerprint density at radius 3 is 2.17 bits per heavy atom. The topological polar surface area (TPSA) is 29.5 Å². The van der Waals surface area contributed by atoms with E-state index in [0.717, 1.165) is 6.07 Å². The highest BCUT2D eigenvalue weighted by atomic mass is 19.1. The van der Waals surface area contributed by atoms with Crippen molar-refractivity contribution >= 4 is 12.9 Å². The molecule has 99 valence electrons. The van der Waals surface area contributed by atoms with Gasteiger partial charge in [-0.1, -0.05) is 6.07 Å². The zero-order chi connectivity index (χ0) is 14.1. The van der Waals surface area contributed by atoms with E-state index in [1.165, 1.54) is 13.5 Å². The number of aryl methyl sites for hydroxylation is 1. The maximum absolute atomic E-state index is 13.5. The van der Waals surface area contributed by atoms with Gasteiger partial charge < -0.3 is 9.76 Å². The zero-order valence-electron chi connectivity index (χ0n) is 11.3. The number of rotatable bonds is 4. The summed E-state index contributed by atoms with van der Waals surface area (Å²) in [6.45, 7) is 8.14. The molecular weight excluding hydrogens is 237 g/mol. The van der Waals surface area contributed by atoms with Crippen LogP contribution in [-0.2, 0) is 4.65 Å². The van der Waals surface area contributed by atoms with E-state index >= 15 is 0 Å². The molecule has 0 aliphatic carbocycles. The lowest BCUT2D eigenvalue weighted by molar-refractivity contribution is -0.0893. The molecule has 2 nitrogen and oxygen atoms in total. The van der Waals surface area contributed by atoms with Crippen molar-refractivity contribution in [2.24, 2.45) is 0 Å². The van der Waals surface area contributed by atoms with Crippen molar-refractivity contribution in [1.29, 1.82) is 0 Å². The molecule has 18 heavy (non-hydrogen) atoms. The molecule has 0 aliphatic heterocycles. The van der Waals surface area contributed by atoms with Crippen molar-refractivity contribution < 1.29 is 18.5 Å². The van der Waals surface area contributed by atoms with Gasteiger partial charge in [0, 0.05) is 6.07 Å². The number of hydrogen-bond acceptors (Lipinski definition) is 2. The van der Waals surface area contributed by atoms with Gasteiger partial charge in [-0.05, 0) is 45.6 Å². The molecule has 0 saturated heterocycles. The van der Waals surface area contributed by atoms with Crippen LogP contribution < -0.4 is 5.46 Å². The fraction of sp³-hybridized carbons (Fsp3) is 0.538. The van der Waals surface area contributed by atoms with E-state index in [9.17, 15) is 13.9 Å². The molecule has 0 bridgehead atoms. The highest BCUT2D eigenvalue weighted by molar-refractivity contribution is 6.47. The summed E-state index contributed by atoms with van der Waals surface area (Å²) in [5.41, 5.74) is -1.48. The summed E-state index contributed by atoms with van der Waals surface area (Å²) in [5.74, 6) is -1.28. The molecule has 0 saturated carbocycles. The molecule has 0 aliphatic rings. The van der Waals surface area contributed by atoms with Crippen molar-refractivity contribution in [3.8, 4) is 0 Å². The summed E-state index contributed by atoms with van der Waals surface area (Å²) in [6.07, 6.45) is 0. The van der Waals surface area contributed by atoms with E-state index in [-0.39, 0.29) is 5.46 Å². The average molecular weight is 255 g/mol. The van der Waals surface area contributed by atoms with Crippen molar-refractivity contribution in [3.63, 3.8) is 0 Å². The van der Waals surface area contributed by atoms with E-state index in [1.54, 1.807) is 34.6 Å². The van der Waals surface area contributed by atoms with Crippen LogP contribution in [0.15, 0.2) is 12.1 Å². The first-order valence-corrected chi connectivity index (χ1v) is 5.73. The van der Waals surface area contributed by atoms with E-state index < -0.39 is 22.8 Å². The minimum absolute atomic E-state index is 0.159. The molecule has 1 aromatic rings. The molecule has 1 radical (unpaired) electrons. The molecule has 5 heteroatoms. The first-order chi connectivity index (χ1) is 8.04. The largest absolute Gasteiger partial charge is 0.427 e. The Kier molecular flexibility index (Phi) is 4.18. The minimum atomic E-state index is -1.09. The number of halogens is 2. The van der Waals surface area contributed by atoms with Crippen molar-refractivity contribution in [2.75, 3.05) is 0 Å². The van der Waals surface area contributed by atoms with Crippen LogP contribution in [0.3, 0.4) is 0 Å². The van der Waals surface area contributed by atoms with Gasteiger partial charge in [0.2, 0.25) is 0 Å². The molecular formula is C13H18BF2O2. The molecule has 0 spiro atoms. The molecule has 0 atom stereocenters. The summed E-state index contributed by atoms with van der Waals surface area (Å²) in [6, 6.07) is 2.19. The summed E-state index contributed by atoms with van der Waals surface area (Å²) in [7, 11) is 1.21. The number of benzene rings is 1. The minimum Gasteiger partial charge on any atom is -0.427 e. The van der Waals surface area contributed by atoms with Crippen LogP contribution >= 0.6 is 0 Å². The Hall–Kier alpha value is -0.935. The number of aliphatic hydroxyl groups is 1. The van der Waals surface area contributed by atoms with Gasteiger partial charge in [-0.25, -0.2) is 8.78 Å². The lowest BCUT2D eigenvalue weighted by atomic mass is 9.82. The second-order valence-corrected chi connectivity index (χ2v) is 5.43. The Bertz CT molecular complexity index is 439. The highest BCUT2D eigenvalue weighted by Gasteiger charge is 2.35. The van der Waals surface area contributed by atoms with Crippen LogP contribution in [0, 0.1) is 18.6 Å². The Morgan fingerprint density at radius 1 is 1.11 bits per heavy atom. The molecule has 0 aromatic heterocycles. The first kappa shape index (κ1) is 15.1. The second kappa shape index (κ2) is 4.98. The van der Waals surface area contributed by atoms with E-state index in [4.69, 9.17) is 4.65 Å². The van der Waals surface area contributed by atoms with Crippen molar-refractivity contribution in [3.05, 3.63) is 29.3 Å². The molecule has 0 fully saturated rings. The van der Waals surface area contributed by atoms with Gasteiger partial charge in [-0.15, -0.1) is 0 Å². The maximum atomic E-state index is 13.5. The smallest absolute Gasteiger partial charge is 0.333 e. The Morgan fingerprint density at radius 2 is 1.67 bits per heavy atom. The normalized spacial score (nSPS) is 12.7. The van der Waals surface area contributed by atoms with Gasteiger partial charge in [-0.2, -0.15) is 0 Å². The van der Waals surface area contributed by atoms with Gasteiger partial charge >= 0.3 is 7.48 Å². The molecule has 1 N–H and O–H groups in total. The standard InChI is InChI=1S/C13H18BF2O2/c1-8-6-9(11(16)7-10(8)15)14-18-13(4,5)12(2,3)17/h6-7,17H,1-5H3. The van der Waals surface area contributed by atoms with E-state index in [1.807, 2.05) is 0 Å². The summed E-state index contributed by atoms with van der Waals surface area (Å²) >= 11 is 0. The highest BCUT2D eigenvalue weighted by Crippen LogP contribution is 2.24. The lowest BCUT2D eigenvalue weighted by Crippen LogP contribution is -2.49. The van der Waals surface area contributed by atoms with Crippen LogP contribution in [-0.4, -0.2) is 23.8 Å². The van der Waals surface area contributed by atoms with Gasteiger partial charge in [-0.3, -0.25) is 0 Å². The van der Waals surface area contributed by atoms with Gasteiger partial charge in [0.25, 0.3) is 0 Å². The van der Waals surface area contributed by atoms with Gasteiger partial charge in [0.1, 0.15) is 11.6 Å². The fourth-order valence-corrected chi connectivity index (χ4v) is 1.12. The molecule has 0 unspecified atom stereocenters. The zero-order valence-corrected chi connectivity index (χ0v) is 11.3. The summed E-state index contributed by atoms with van der Waals surface area (Å²) < 4.78 is 32.0. The molecule has 0 amide bonds. The van der Waals surface area contributed by atoms with Crippen LogP contribution in [0.5, 0.6) is 0 Å². The molecule has 1 aromatic carbocycles. The fourth-order valence-electron chi connectivity index (χ4n) is 1.12. The van der Waals surface area contributed by atoms with Crippen LogP contribution in [0.25, 0.3) is 0 Å². The second-order valence-electron chi connectivity index (χ2n) is 5.43. The van der Waals surface area contributed by atoms with Crippen LogP contribution in [0.2, 0.25) is 0 Å². The third-order valence-electron chi connectivity index (χ3n) is 3.23. The van der Waals surface area contributed by atoms with Crippen LogP contribution in [0.4, 0.5) is 8.78 Å². The average Bonchev–Trinajstić information content (AvgIpc) is 2.20. The van der Waals surface area contributed by atoms with Crippen molar-refractivity contribution in [1.82, 2.24) is 0 Å². The Labute approximate surface area is 107 Å². The van der Waals surface area contributed by atoms with E-state index in [2.05, 4.69) is 0 Å². The third kappa shape index (κ3) is 3.30. The lowest BCUT2D eigenvalue weighted by Gasteiger charge is -2.37. The number of hydrogen-bond donors (Lipinski definition) is 1. The maximum Gasteiger partial charge on any atom is 0.333 e. The van der Waals surface area contributed by atoms with Gasteiger partial charge in [0.15, 0.2) is 0 Å². The molecule has 1 rings (SSSR count). The SMILES string of the molecule is Cc1cc([B]OC(C)(C)C(C)(C)O)c(F)cc1F. The first-order valence-electron chi connectivity index (χ1n) is 5.73. The summed E-state index contributed by atoms with van der Waals surface area (Å²) in [5, 5.41) is 9.89. The predicted molar refractivity (Wildman–Crippen MR) is 67.9 cm³/mol. The summed E-state index contributed by atoms with van der Waals surface area (Å²) in [4.78, 5) is 0. The van der Waals surface area contributed by atoms with E-state index in [0.29, 0.717) is 5.56 Å². The van der Waals surface area contributed by atoms with Crippen molar-refractivity contribution in [2.45, 2.75) is 45.8 Å². The third-order valence-corrected chi connectivity index (χ3v) is 3.23.